The highest BCUT2D eigenvalue weighted by molar-refractivity contribution is 9.10. The van der Waals surface area contributed by atoms with E-state index in [1.807, 2.05) is 6.92 Å². The molecule has 1 N–H and O–H groups in total. The molecule has 3 aromatic rings. The Morgan fingerprint density at radius 3 is 2.74 bits per heavy atom. The monoisotopic (exact) mass is 532 g/mol. The number of benzene rings is 2. The van der Waals surface area contributed by atoms with E-state index in [4.69, 9.17) is 14.6 Å². The van der Waals surface area contributed by atoms with Crippen molar-refractivity contribution in [3.05, 3.63) is 66.7 Å². The first-order valence-electron chi connectivity index (χ1n) is 10.2. The second-order valence-corrected chi connectivity index (χ2v) is 8.14. The number of carbonyl (C=O) groups is 1. The van der Waals surface area contributed by atoms with E-state index in [2.05, 4.69) is 26.0 Å². The van der Waals surface area contributed by atoms with Crippen LogP contribution in [-0.4, -0.2) is 45.1 Å². The highest BCUT2D eigenvalue weighted by Crippen LogP contribution is 2.38. The Morgan fingerprint density at radius 1 is 1.38 bits per heavy atom. The van der Waals surface area contributed by atoms with E-state index >= 15 is 0 Å². The van der Waals surface area contributed by atoms with Crippen molar-refractivity contribution in [1.29, 1.82) is 0 Å². The summed E-state index contributed by atoms with van der Waals surface area (Å²) in [4.78, 5) is 39.7. The topological polar surface area (TPSA) is 146 Å². The lowest BCUT2D eigenvalue weighted by Gasteiger charge is -2.14. The number of aliphatic carboxylic acids is 1. The second kappa shape index (κ2) is 10.4. The molecule has 1 atom stereocenters. The van der Waals surface area contributed by atoms with Gasteiger partial charge in [0, 0.05) is 22.5 Å². The fraction of sp³-hybridized carbons (Fsp3) is 0.273. The van der Waals surface area contributed by atoms with Gasteiger partial charge in [-0.2, -0.15) is 9.78 Å². The fourth-order valence-electron chi connectivity index (χ4n) is 3.14. The van der Waals surface area contributed by atoms with Crippen LogP contribution >= 0.6 is 15.9 Å². The zero-order chi connectivity index (χ0) is 25.0. The summed E-state index contributed by atoms with van der Waals surface area (Å²) in [6.45, 7) is 3.19. The Hall–Kier alpha value is -3.80. The Morgan fingerprint density at radius 2 is 2.12 bits per heavy atom. The molecule has 0 radical (unpaired) electrons. The van der Waals surface area contributed by atoms with Crippen LogP contribution in [0.25, 0.3) is 10.9 Å². The number of nitro benzene ring substituents is 1. The van der Waals surface area contributed by atoms with Gasteiger partial charge in [-0.3, -0.25) is 14.9 Å². The molecule has 11 nitrogen and oxygen atoms in total. The van der Waals surface area contributed by atoms with Gasteiger partial charge in [0.2, 0.25) is 5.75 Å². The number of carboxylic acid groups (broad SMARTS) is 1. The number of methoxy groups -OCH3 is 1. The first kappa shape index (κ1) is 24.8. The summed E-state index contributed by atoms with van der Waals surface area (Å²) in [6, 6.07) is 7.73. The molecule has 0 saturated carbocycles. The Balaban J connectivity index is 2.13. The molecule has 12 heteroatoms. The predicted octanol–water partition coefficient (Wildman–Crippen LogP) is 3.76. The van der Waals surface area contributed by atoms with Crippen molar-refractivity contribution in [2.24, 2.45) is 5.10 Å². The van der Waals surface area contributed by atoms with Gasteiger partial charge >= 0.3 is 11.7 Å². The van der Waals surface area contributed by atoms with Crippen LogP contribution in [0.2, 0.25) is 0 Å². The second-order valence-electron chi connectivity index (χ2n) is 7.23. The lowest BCUT2D eigenvalue weighted by atomic mass is 10.1. The molecule has 0 unspecified atom stereocenters. The van der Waals surface area contributed by atoms with Crippen molar-refractivity contribution in [1.82, 2.24) is 9.66 Å². The van der Waals surface area contributed by atoms with Gasteiger partial charge in [-0.15, -0.1) is 0 Å². The van der Waals surface area contributed by atoms with Gasteiger partial charge in [0.15, 0.2) is 11.9 Å². The third-order valence-electron chi connectivity index (χ3n) is 4.79. The number of carboxylic acids is 1. The van der Waals surface area contributed by atoms with Gasteiger partial charge < -0.3 is 14.6 Å². The lowest BCUT2D eigenvalue weighted by Crippen LogP contribution is -2.23. The molecule has 0 aliphatic heterocycles. The summed E-state index contributed by atoms with van der Waals surface area (Å²) in [7, 11) is 1.27. The number of hydrogen-bond donors (Lipinski definition) is 1. The minimum absolute atomic E-state index is 0.0505. The molecule has 1 heterocycles. The third kappa shape index (κ3) is 5.22. The van der Waals surface area contributed by atoms with Crippen molar-refractivity contribution >= 4 is 44.7 Å². The summed E-state index contributed by atoms with van der Waals surface area (Å²) in [5, 5.41) is 25.4. The minimum atomic E-state index is -1.34. The number of nitrogens with zero attached hydrogens (tertiary/aromatic N) is 4. The van der Waals surface area contributed by atoms with Crippen LogP contribution < -0.4 is 15.0 Å². The number of rotatable bonds is 9. The molecule has 0 fully saturated rings. The van der Waals surface area contributed by atoms with E-state index in [9.17, 15) is 19.7 Å². The molecule has 34 heavy (non-hydrogen) atoms. The lowest BCUT2D eigenvalue weighted by molar-refractivity contribution is -0.386. The quantitative estimate of drug-likeness (QED) is 0.249. The van der Waals surface area contributed by atoms with Crippen LogP contribution in [-0.2, 0) is 11.2 Å². The molecule has 0 aliphatic rings. The van der Waals surface area contributed by atoms with Crippen molar-refractivity contribution in [3.63, 3.8) is 0 Å². The molecule has 0 spiro atoms. The molecule has 0 aliphatic carbocycles. The van der Waals surface area contributed by atoms with Crippen LogP contribution in [0.3, 0.4) is 0 Å². The summed E-state index contributed by atoms with van der Waals surface area (Å²) >= 11 is 3.35. The zero-order valence-electron chi connectivity index (χ0n) is 18.5. The van der Waals surface area contributed by atoms with Gasteiger partial charge in [0.1, 0.15) is 5.82 Å². The third-order valence-corrected chi connectivity index (χ3v) is 5.28. The van der Waals surface area contributed by atoms with Crippen LogP contribution in [0.4, 0.5) is 5.69 Å². The van der Waals surface area contributed by atoms with Gasteiger partial charge in [0.05, 0.1) is 29.2 Å². The number of ether oxygens (including phenoxy) is 2. The smallest absolute Gasteiger partial charge is 0.344 e. The summed E-state index contributed by atoms with van der Waals surface area (Å²) in [5.41, 5.74) is -0.115. The maximum absolute atomic E-state index is 13.1. The molecule has 178 valence electrons. The molecule has 0 bridgehead atoms. The van der Waals surface area contributed by atoms with Crippen molar-refractivity contribution in [2.75, 3.05) is 7.11 Å². The number of fused-ring (bicyclic) bond motifs is 1. The standard InChI is InChI=1S/C22H21BrN4O7/c1-4-5-19-25-16-7-6-14(23)10-15(16)21(28)26(19)24-11-13-8-17(27(31)32)20(18(9-13)33-3)34-12(2)22(29)30/h6-12H,4-5H2,1-3H3,(H,29,30)/t12-/m0/s1. The van der Waals surface area contributed by atoms with E-state index in [1.165, 1.54) is 26.3 Å². The zero-order valence-corrected chi connectivity index (χ0v) is 20.1. The fourth-order valence-corrected chi connectivity index (χ4v) is 3.50. The van der Waals surface area contributed by atoms with E-state index in [0.29, 0.717) is 27.6 Å². The first-order valence-corrected chi connectivity index (χ1v) is 11.0. The Bertz CT molecular complexity index is 1350. The van der Waals surface area contributed by atoms with Gasteiger partial charge in [-0.1, -0.05) is 22.9 Å². The van der Waals surface area contributed by atoms with Crippen LogP contribution in [0.5, 0.6) is 11.5 Å². The summed E-state index contributed by atoms with van der Waals surface area (Å²) in [6.07, 6.45) is 1.13. The number of halogens is 1. The minimum Gasteiger partial charge on any atom is -0.493 e. The molecular formula is C22H21BrN4O7. The van der Waals surface area contributed by atoms with Crippen LogP contribution in [0.15, 0.2) is 44.7 Å². The SMILES string of the molecule is CCCc1nc2ccc(Br)cc2c(=O)n1N=Cc1cc(OC)c(O[C@@H](C)C(=O)O)c([N+](=O)[O-])c1. The molecule has 1 aromatic heterocycles. The molecule has 0 amide bonds. The van der Waals surface area contributed by atoms with Crippen molar-refractivity contribution in [3.8, 4) is 11.5 Å². The highest BCUT2D eigenvalue weighted by Gasteiger charge is 2.26. The average molecular weight is 533 g/mol. The number of nitro groups is 1. The molecule has 0 saturated heterocycles. The Labute approximate surface area is 201 Å². The average Bonchev–Trinajstić information content (AvgIpc) is 2.79. The van der Waals surface area contributed by atoms with Gasteiger partial charge in [0.25, 0.3) is 5.56 Å². The number of hydrogen-bond acceptors (Lipinski definition) is 8. The number of aryl methyl sites for hydroxylation is 1. The van der Waals surface area contributed by atoms with Gasteiger partial charge in [-0.05, 0) is 37.6 Å². The maximum atomic E-state index is 13.1. The normalized spacial score (nSPS) is 12.1. The molecular weight excluding hydrogens is 512 g/mol. The van der Waals surface area contributed by atoms with E-state index in [-0.39, 0.29) is 22.6 Å². The number of aromatic nitrogens is 2. The van der Waals surface area contributed by atoms with E-state index in [1.54, 1.807) is 18.2 Å². The first-order chi connectivity index (χ1) is 16.2. The van der Waals surface area contributed by atoms with Gasteiger partial charge in [-0.25, -0.2) is 9.78 Å². The van der Waals surface area contributed by atoms with Crippen LogP contribution in [0.1, 0.15) is 31.7 Å². The summed E-state index contributed by atoms with van der Waals surface area (Å²) < 4.78 is 12.3. The van der Waals surface area contributed by atoms with Crippen LogP contribution in [0, 0.1) is 10.1 Å². The Kier molecular flexibility index (Phi) is 7.61. The highest BCUT2D eigenvalue weighted by atomic mass is 79.9. The molecule has 2 aromatic carbocycles. The largest absolute Gasteiger partial charge is 0.493 e. The van der Waals surface area contributed by atoms with Crippen molar-refractivity contribution in [2.45, 2.75) is 32.8 Å². The van der Waals surface area contributed by atoms with E-state index < -0.39 is 22.7 Å². The predicted molar refractivity (Wildman–Crippen MR) is 128 cm³/mol. The molecule has 3 rings (SSSR count). The summed E-state index contributed by atoms with van der Waals surface area (Å²) in [5.74, 6) is -1.22. The maximum Gasteiger partial charge on any atom is 0.344 e. The van der Waals surface area contributed by atoms with Crippen molar-refractivity contribution < 1.29 is 24.3 Å². The van der Waals surface area contributed by atoms with E-state index in [0.717, 1.165) is 17.2 Å².